The molecule has 1 aliphatic heterocycles. The van der Waals surface area contributed by atoms with Crippen molar-refractivity contribution in [2.45, 2.75) is 31.7 Å². The fraction of sp³-hybridized carbons (Fsp3) is 0.500. The topological polar surface area (TPSA) is 122 Å². The highest BCUT2D eigenvalue weighted by molar-refractivity contribution is 5.47. The Bertz CT molecular complexity index is 637. The molecule has 2 heterocycles. The van der Waals surface area contributed by atoms with Gasteiger partial charge in [0.2, 0.25) is 12.8 Å². The van der Waals surface area contributed by atoms with E-state index in [0.717, 1.165) is 0 Å². The standard InChI is InChI=1S/C12H16N4O5/c1-7-4-16(12(20)15-11(7)19)10-2-8(14-6-18)9(21-10)3-13-5-17/h4-6,8-10H,2-3H2,1H3,(H,13,17)(H,14,18)(H,15,19,20)/t8-,9+,10+/m0/s1. The number of H-pyrrole nitrogens is 1. The lowest BCUT2D eigenvalue weighted by Gasteiger charge is -2.17. The number of ether oxygens (including phenoxy) is 1. The maximum absolute atomic E-state index is 11.8. The first-order chi connectivity index (χ1) is 10.1. The number of amides is 2. The molecule has 114 valence electrons. The van der Waals surface area contributed by atoms with Crippen molar-refractivity contribution in [2.75, 3.05) is 6.54 Å². The lowest BCUT2D eigenvalue weighted by Crippen LogP contribution is -2.41. The molecule has 1 aromatic heterocycles. The molecule has 0 saturated carbocycles. The summed E-state index contributed by atoms with van der Waals surface area (Å²) in [7, 11) is 0. The van der Waals surface area contributed by atoms with Crippen LogP contribution in [0, 0.1) is 6.92 Å². The Balaban J connectivity index is 2.23. The number of aromatic nitrogens is 2. The van der Waals surface area contributed by atoms with Gasteiger partial charge in [-0.25, -0.2) is 4.79 Å². The summed E-state index contributed by atoms with van der Waals surface area (Å²) in [4.78, 5) is 46.4. The Labute approximate surface area is 119 Å². The predicted molar refractivity (Wildman–Crippen MR) is 71.6 cm³/mol. The Morgan fingerprint density at radius 3 is 2.86 bits per heavy atom. The Morgan fingerprint density at radius 2 is 2.19 bits per heavy atom. The van der Waals surface area contributed by atoms with Gasteiger partial charge in [0.05, 0.1) is 12.1 Å². The van der Waals surface area contributed by atoms with E-state index in [4.69, 9.17) is 4.74 Å². The first-order valence-corrected chi connectivity index (χ1v) is 6.41. The number of hydrogen-bond donors (Lipinski definition) is 3. The van der Waals surface area contributed by atoms with Crippen molar-refractivity contribution in [3.8, 4) is 0 Å². The van der Waals surface area contributed by atoms with Gasteiger partial charge in [0, 0.05) is 24.7 Å². The molecule has 3 N–H and O–H groups in total. The Kier molecular flexibility index (Phi) is 4.53. The highest BCUT2D eigenvalue weighted by Crippen LogP contribution is 2.27. The van der Waals surface area contributed by atoms with Crippen LogP contribution >= 0.6 is 0 Å². The van der Waals surface area contributed by atoms with Gasteiger partial charge >= 0.3 is 5.69 Å². The molecule has 2 amide bonds. The number of hydrogen-bond acceptors (Lipinski definition) is 5. The van der Waals surface area contributed by atoms with E-state index in [9.17, 15) is 19.2 Å². The maximum atomic E-state index is 11.8. The van der Waals surface area contributed by atoms with Crippen molar-refractivity contribution in [3.63, 3.8) is 0 Å². The van der Waals surface area contributed by atoms with E-state index >= 15 is 0 Å². The van der Waals surface area contributed by atoms with Crippen LogP contribution in [0.25, 0.3) is 0 Å². The molecular formula is C12H16N4O5. The fourth-order valence-corrected chi connectivity index (χ4v) is 2.32. The summed E-state index contributed by atoms with van der Waals surface area (Å²) >= 11 is 0. The number of carbonyl (C=O) groups is 2. The van der Waals surface area contributed by atoms with Crippen LogP contribution in [0.1, 0.15) is 18.2 Å². The summed E-state index contributed by atoms with van der Waals surface area (Å²) < 4.78 is 6.96. The second kappa shape index (κ2) is 6.35. The summed E-state index contributed by atoms with van der Waals surface area (Å²) in [6, 6.07) is -0.334. The molecule has 2 rings (SSSR count). The molecule has 0 aromatic carbocycles. The molecule has 1 saturated heterocycles. The molecule has 9 nitrogen and oxygen atoms in total. The van der Waals surface area contributed by atoms with Gasteiger partial charge < -0.3 is 15.4 Å². The molecule has 1 fully saturated rings. The predicted octanol–water partition coefficient (Wildman–Crippen LogP) is -2.01. The number of rotatable bonds is 6. The van der Waals surface area contributed by atoms with Crippen molar-refractivity contribution in [1.29, 1.82) is 0 Å². The first-order valence-electron chi connectivity index (χ1n) is 6.41. The van der Waals surface area contributed by atoms with Crippen LogP contribution in [-0.2, 0) is 14.3 Å². The number of aryl methyl sites for hydroxylation is 1. The van der Waals surface area contributed by atoms with E-state index in [1.54, 1.807) is 6.92 Å². The molecule has 9 heteroatoms. The third-order valence-corrected chi connectivity index (χ3v) is 3.38. The molecule has 1 aromatic rings. The van der Waals surface area contributed by atoms with Crippen LogP contribution < -0.4 is 21.9 Å². The van der Waals surface area contributed by atoms with Gasteiger partial charge in [-0.1, -0.05) is 0 Å². The fourth-order valence-electron chi connectivity index (χ4n) is 2.32. The minimum Gasteiger partial charge on any atom is -0.356 e. The van der Waals surface area contributed by atoms with Gasteiger partial charge in [-0.2, -0.15) is 0 Å². The van der Waals surface area contributed by atoms with Gasteiger partial charge in [0.25, 0.3) is 5.56 Å². The molecule has 0 unspecified atom stereocenters. The van der Waals surface area contributed by atoms with Crippen molar-refractivity contribution in [1.82, 2.24) is 20.2 Å². The molecule has 1 aliphatic rings. The molecule has 0 spiro atoms. The quantitative estimate of drug-likeness (QED) is 0.524. The molecule has 3 atom stereocenters. The van der Waals surface area contributed by atoms with E-state index in [1.807, 2.05) is 0 Å². The van der Waals surface area contributed by atoms with Gasteiger partial charge in [0.15, 0.2) is 0 Å². The summed E-state index contributed by atoms with van der Waals surface area (Å²) in [5.41, 5.74) is -0.645. The average molecular weight is 296 g/mol. The zero-order valence-electron chi connectivity index (χ0n) is 11.4. The SMILES string of the molecule is Cc1cn([C@H]2C[C@H](NC=O)[C@@H](CNC=O)O2)c(=O)[nH]c1=O. The lowest BCUT2D eigenvalue weighted by molar-refractivity contribution is -0.110. The van der Waals surface area contributed by atoms with Gasteiger partial charge in [-0.15, -0.1) is 0 Å². The van der Waals surface area contributed by atoms with Crippen LogP contribution in [0.4, 0.5) is 0 Å². The van der Waals surface area contributed by atoms with Gasteiger partial charge in [-0.05, 0) is 6.92 Å². The van der Waals surface area contributed by atoms with Crippen molar-refractivity contribution in [2.24, 2.45) is 0 Å². The second-order valence-electron chi connectivity index (χ2n) is 4.76. The molecular weight excluding hydrogens is 280 g/mol. The maximum Gasteiger partial charge on any atom is 0.330 e. The van der Waals surface area contributed by atoms with E-state index in [0.29, 0.717) is 24.8 Å². The minimum atomic E-state index is -0.621. The first kappa shape index (κ1) is 15.0. The van der Waals surface area contributed by atoms with Crippen LogP contribution in [0.2, 0.25) is 0 Å². The summed E-state index contributed by atoms with van der Waals surface area (Å²) in [5, 5.41) is 5.08. The molecule has 21 heavy (non-hydrogen) atoms. The highest BCUT2D eigenvalue weighted by Gasteiger charge is 2.36. The Hall–Kier alpha value is -2.42. The van der Waals surface area contributed by atoms with Crippen molar-refractivity contribution in [3.05, 3.63) is 32.6 Å². The zero-order valence-corrected chi connectivity index (χ0v) is 11.4. The highest BCUT2D eigenvalue weighted by atomic mass is 16.5. The normalized spacial score (nSPS) is 24.5. The smallest absolute Gasteiger partial charge is 0.330 e. The zero-order chi connectivity index (χ0) is 15.4. The summed E-state index contributed by atoms with van der Waals surface area (Å²) in [5.74, 6) is 0. The number of carbonyl (C=O) groups excluding carboxylic acids is 2. The van der Waals surface area contributed by atoms with Crippen LogP contribution in [0.3, 0.4) is 0 Å². The number of nitrogens with zero attached hydrogens (tertiary/aromatic N) is 1. The monoisotopic (exact) mass is 296 g/mol. The van der Waals surface area contributed by atoms with E-state index in [1.165, 1.54) is 10.8 Å². The second-order valence-corrected chi connectivity index (χ2v) is 4.76. The van der Waals surface area contributed by atoms with Crippen LogP contribution in [0.15, 0.2) is 15.8 Å². The minimum absolute atomic E-state index is 0.211. The van der Waals surface area contributed by atoms with Crippen LogP contribution in [0.5, 0.6) is 0 Å². The third kappa shape index (κ3) is 3.19. The lowest BCUT2D eigenvalue weighted by atomic mass is 10.1. The van der Waals surface area contributed by atoms with Crippen molar-refractivity contribution >= 4 is 12.8 Å². The molecule has 0 radical (unpaired) electrons. The van der Waals surface area contributed by atoms with E-state index in [2.05, 4.69) is 15.6 Å². The van der Waals surface area contributed by atoms with E-state index < -0.39 is 23.6 Å². The number of nitrogens with one attached hydrogen (secondary N) is 3. The average Bonchev–Trinajstić information content (AvgIpc) is 2.84. The summed E-state index contributed by atoms with van der Waals surface area (Å²) in [6.45, 7) is 1.79. The Morgan fingerprint density at radius 1 is 1.43 bits per heavy atom. The van der Waals surface area contributed by atoms with E-state index in [-0.39, 0.29) is 12.6 Å². The largest absolute Gasteiger partial charge is 0.356 e. The van der Waals surface area contributed by atoms with Gasteiger partial charge in [0.1, 0.15) is 6.23 Å². The summed E-state index contributed by atoms with van der Waals surface area (Å²) in [6.07, 6.45) is 1.78. The van der Waals surface area contributed by atoms with Gasteiger partial charge in [-0.3, -0.25) is 23.9 Å². The van der Waals surface area contributed by atoms with Crippen molar-refractivity contribution < 1.29 is 14.3 Å². The molecule has 0 aliphatic carbocycles. The third-order valence-electron chi connectivity index (χ3n) is 3.38. The number of aromatic amines is 1. The molecule has 0 bridgehead atoms. The van der Waals surface area contributed by atoms with Crippen LogP contribution in [-0.4, -0.2) is 41.1 Å².